The molecule has 0 aliphatic heterocycles. The second kappa shape index (κ2) is 4.99. The third-order valence-corrected chi connectivity index (χ3v) is 2.40. The molecule has 1 atom stereocenters. The van der Waals surface area contributed by atoms with Gasteiger partial charge in [0, 0.05) is 18.5 Å². The van der Waals surface area contributed by atoms with E-state index in [4.69, 9.17) is 5.84 Å². The zero-order valence-electron chi connectivity index (χ0n) is 8.90. The Bertz CT molecular complexity index is 482. The van der Waals surface area contributed by atoms with Crippen LogP contribution >= 0.6 is 0 Å². The molecule has 5 heteroatoms. The van der Waals surface area contributed by atoms with Gasteiger partial charge in [-0.05, 0) is 29.3 Å². The van der Waals surface area contributed by atoms with Crippen molar-refractivity contribution in [2.24, 2.45) is 5.84 Å². The number of hydrogen-bond acceptors (Lipinski definition) is 3. The zero-order valence-corrected chi connectivity index (χ0v) is 8.90. The summed E-state index contributed by atoms with van der Waals surface area (Å²) in [7, 11) is 0. The van der Waals surface area contributed by atoms with Crippen LogP contribution in [-0.4, -0.2) is 4.98 Å². The van der Waals surface area contributed by atoms with Gasteiger partial charge in [0.15, 0.2) is 0 Å². The van der Waals surface area contributed by atoms with Gasteiger partial charge in [-0.1, -0.05) is 6.07 Å². The predicted octanol–water partition coefficient (Wildman–Crippen LogP) is 1.91. The lowest BCUT2D eigenvalue weighted by molar-refractivity contribution is 0.565. The van der Waals surface area contributed by atoms with E-state index in [2.05, 4.69) is 10.4 Å². The number of nitrogens with one attached hydrogen (secondary N) is 1. The van der Waals surface area contributed by atoms with Crippen molar-refractivity contribution in [2.45, 2.75) is 6.04 Å². The number of nitrogens with two attached hydrogens (primary N) is 1. The molecular formula is C12H11F2N3. The Morgan fingerprint density at radius 3 is 2.35 bits per heavy atom. The standard InChI is InChI=1S/C12H11F2N3/c13-10-4-9(5-11(14)6-10)12(17-15)8-2-1-3-16-7-8/h1-7,12,17H,15H2. The molecule has 0 spiro atoms. The minimum atomic E-state index is -0.635. The summed E-state index contributed by atoms with van der Waals surface area (Å²) in [5, 5.41) is 0. The topological polar surface area (TPSA) is 50.9 Å². The third kappa shape index (κ3) is 2.64. The third-order valence-electron chi connectivity index (χ3n) is 2.40. The summed E-state index contributed by atoms with van der Waals surface area (Å²) in [6.07, 6.45) is 3.20. The number of nitrogens with zero attached hydrogens (tertiary/aromatic N) is 1. The second-order valence-corrected chi connectivity index (χ2v) is 3.59. The molecule has 0 bridgehead atoms. The summed E-state index contributed by atoms with van der Waals surface area (Å²) in [6, 6.07) is 6.31. The lowest BCUT2D eigenvalue weighted by Crippen LogP contribution is -2.29. The van der Waals surface area contributed by atoms with Gasteiger partial charge in [-0.2, -0.15) is 0 Å². The molecular weight excluding hydrogens is 224 g/mol. The Hall–Kier alpha value is -1.85. The van der Waals surface area contributed by atoms with Gasteiger partial charge in [0.05, 0.1) is 6.04 Å². The Kier molecular flexibility index (Phi) is 3.41. The molecule has 1 aromatic carbocycles. The summed E-state index contributed by atoms with van der Waals surface area (Å²) >= 11 is 0. The van der Waals surface area contributed by atoms with E-state index in [1.54, 1.807) is 24.5 Å². The van der Waals surface area contributed by atoms with Gasteiger partial charge in [0.25, 0.3) is 0 Å². The van der Waals surface area contributed by atoms with Crippen LogP contribution in [0.15, 0.2) is 42.7 Å². The second-order valence-electron chi connectivity index (χ2n) is 3.59. The number of aromatic nitrogens is 1. The summed E-state index contributed by atoms with van der Waals surface area (Å²) in [5.41, 5.74) is 3.67. The van der Waals surface area contributed by atoms with E-state index in [-0.39, 0.29) is 0 Å². The summed E-state index contributed by atoms with van der Waals surface area (Å²) < 4.78 is 26.2. The quantitative estimate of drug-likeness (QED) is 0.631. The molecule has 3 N–H and O–H groups in total. The van der Waals surface area contributed by atoms with Crippen LogP contribution in [0.2, 0.25) is 0 Å². The molecule has 17 heavy (non-hydrogen) atoms. The van der Waals surface area contributed by atoms with Crippen LogP contribution < -0.4 is 11.3 Å². The molecule has 0 amide bonds. The lowest BCUT2D eigenvalue weighted by atomic mass is 10.0. The van der Waals surface area contributed by atoms with Crippen LogP contribution in [0.3, 0.4) is 0 Å². The van der Waals surface area contributed by atoms with Crippen LogP contribution in [0.1, 0.15) is 17.2 Å². The molecule has 1 unspecified atom stereocenters. The number of halogens is 2. The van der Waals surface area contributed by atoms with Crippen molar-refractivity contribution in [3.8, 4) is 0 Å². The van der Waals surface area contributed by atoms with Crippen LogP contribution in [0.5, 0.6) is 0 Å². The highest BCUT2D eigenvalue weighted by Gasteiger charge is 2.14. The van der Waals surface area contributed by atoms with Crippen molar-refractivity contribution < 1.29 is 8.78 Å². The molecule has 2 rings (SSSR count). The minimum absolute atomic E-state index is 0.415. The molecule has 1 aromatic heterocycles. The Balaban J connectivity index is 2.42. The Morgan fingerprint density at radius 1 is 1.12 bits per heavy atom. The van der Waals surface area contributed by atoms with Crippen molar-refractivity contribution in [2.75, 3.05) is 0 Å². The molecule has 2 aromatic rings. The van der Waals surface area contributed by atoms with Crippen molar-refractivity contribution >= 4 is 0 Å². The normalized spacial score (nSPS) is 12.4. The van der Waals surface area contributed by atoms with Crippen molar-refractivity contribution in [1.29, 1.82) is 0 Å². The lowest BCUT2D eigenvalue weighted by Gasteiger charge is -2.16. The molecule has 0 saturated carbocycles. The fourth-order valence-corrected chi connectivity index (χ4v) is 1.67. The van der Waals surface area contributed by atoms with E-state index < -0.39 is 17.7 Å². The van der Waals surface area contributed by atoms with E-state index >= 15 is 0 Å². The SMILES string of the molecule is NNC(c1cccnc1)c1cc(F)cc(F)c1. The maximum Gasteiger partial charge on any atom is 0.126 e. The van der Waals surface area contributed by atoms with E-state index in [1.165, 1.54) is 12.1 Å². The first-order valence-corrected chi connectivity index (χ1v) is 5.03. The molecule has 88 valence electrons. The van der Waals surface area contributed by atoms with Gasteiger partial charge < -0.3 is 0 Å². The molecule has 1 heterocycles. The van der Waals surface area contributed by atoms with Crippen LogP contribution in [-0.2, 0) is 0 Å². The zero-order chi connectivity index (χ0) is 12.3. The summed E-state index contributed by atoms with van der Waals surface area (Å²) in [6.45, 7) is 0. The highest BCUT2D eigenvalue weighted by Crippen LogP contribution is 2.22. The number of hydrazine groups is 1. The Labute approximate surface area is 97.3 Å². The molecule has 0 radical (unpaired) electrons. The molecule has 0 saturated heterocycles. The average molecular weight is 235 g/mol. The van der Waals surface area contributed by atoms with Gasteiger partial charge in [-0.3, -0.25) is 10.8 Å². The van der Waals surface area contributed by atoms with Gasteiger partial charge in [0.2, 0.25) is 0 Å². The maximum absolute atomic E-state index is 13.1. The summed E-state index contributed by atoms with van der Waals surface area (Å²) in [4.78, 5) is 3.94. The minimum Gasteiger partial charge on any atom is -0.271 e. The molecule has 3 nitrogen and oxygen atoms in total. The van der Waals surface area contributed by atoms with Gasteiger partial charge >= 0.3 is 0 Å². The smallest absolute Gasteiger partial charge is 0.126 e. The molecule has 0 aliphatic rings. The van der Waals surface area contributed by atoms with E-state index in [0.717, 1.165) is 11.6 Å². The first-order chi connectivity index (χ1) is 8.20. The van der Waals surface area contributed by atoms with E-state index in [0.29, 0.717) is 5.56 Å². The first kappa shape index (κ1) is 11.6. The molecule has 0 aliphatic carbocycles. The van der Waals surface area contributed by atoms with E-state index in [1.807, 2.05) is 0 Å². The van der Waals surface area contributed by atoms with Gasteiger partial charge in [-0.25, -0.2) is 14.2 Å². The molecule has 0 fully saturated rings. The number of benzene rings is 1. The van der Waals surface area contributed by atoms with E-state index in [9.17, 15) is 8.78 Å². The largest absolute Gasteiger partial charge is 0.271 e. The van der Waals surface area contributed by atoms with Crippen LogP contribution in [0, 0.1) is 11.6 Å². The number of rotatable bonds is 3. The summed E-state index contributed by atoms with van der Waals surface area (Å²) in [5.74, 6) is 4.14. The fourth-order valence-electron chi connectivity index (χ4n) is 1.67. The van der Waals surface area contributed by atoms with Crippen molar-refractivity contribution in [3.05, 3.63) is 65.5 Å². The Morgan fingerprint density at radius 2 is 1.82 bits per heavy atom. The number of pyridine rings is 1. The van der Waals surface area contributed by atoms with Gasteiger partial charge in [0.1, 0.15) is 11.6 Å². The van der Waals surface area contributed by atoms with Crippen molar-refractivity contribution in [3.63, 3.8) is 0 Å². The number of hydrogen-bond donors (Lipinski definition) is 2. The first-order valence-electron chi connectivity index (χ1n) is 5.03. The van der Waals surface area contributed by atoms with Crippen LogP contribution in [0.4, 0.5) is 8.78 Å². The maximum atomic E-state index is 13.1. The van der Waals surface area contributed by atoms with Crippen molar-refractivity contribution in [1.82, 2.24) is 10.4 Å². The van der Waals surface area contributed by atoms with Crippen LogP contribution in [0.25, 0.3) is 0 Å². The highest BCUT2D eigenvalue weighted by atomic mass is 19.1. The monoisotopic (exact) mass is 235 g/mol. The van der Waals surface area contributed by atoms with Gasteiger partial charge in [-0.15, -0.1) is 0 Å². The fraction of sp³-hybridized carbons (Fsp3) is 0.0833. The average Bonchev–Trinajstić information content (AvgIpc) is 2.30. The highest BCUT2D eigenvalue weighted by molar-refractivity contribution is 5.30. The predicted molar refractivity (Wildman–Crippen MR) is 59.8 cm³/mol.